The molecule has 0 aliphatic rings. The van der Waals surface area contributed by atoms with Gasteiger partial charge in [-0.15, -0.1) is 0 Å². The summed E-state index contributed by atoms with van der Waals surface area (Å²) in [6.45, 7) is 13.5. The topological polar surface area (TPSA) is 33.2 Å². The van der Waals surface area contributed by atoms with Gasteiger partial charge in [0, 0.05) is 0 Å². The Morgan fingerprint density at radius 1 is 0.667 bits per heavy atom. The summed E-state index contributed by atoms with van der Waals surface area (Å²) in [7, 11) is 17.4. The van der Waals surface area contributed by atoms with Crippen LogP contribution in [0.3, 0.4) is 0 Å². The Hall–Kier alpha value is 1.60. The average molecular weight is 354 g/mol. The van der Waals surface area contributed by atoms with E-state index in [0.717, 1.165) is 0 Å². The van der Waals surface area contributed by atoms with E-state index in [1.165, 1.54) is 26.2 Å². The molecule has 0 heterocycles. The number of quaternary nitrogens is 2. The zero-order valence-corrected chi connectivity index (χ0v) is 13.8. The Bertz CT molecular complexity index is 85.1. The van der Waals surface area contributed by atoms with Crippen LogP contribution in [0.1, 0.15) is 27.7 Å². The maximum atomic E-state index is 4.90. The van der Waals surface area contributed by atoms with Crippen molar-refractivity contribution in [1.29, 1.82) is 0 Å². The molecule has 0 aromatic heterocycles. The molecule has 0 saturated carbocycles. The minimum absolute atomic E-state index is 1.22. The quantitative estimate of drug-likeness (QED) is 0.724. The van der Waals surface area contributed by atoms with Gasteiger partial charge in [-0.05, 0) is 27.7 Å². The Morgan fingerprint density at radius 2 is 0.800 bits per heavy atom. The molecule has 0 fully saturated rings. The fraction of sp³-hybridized carbons (Fsp3) is 1.00. The SMILES string of the molecule is CC[NH2+]CC.CC[NH2+]CC.[Cl][Cu-2]([Cl])([Cl])[Cl]. The Morgan fingerprint density at radius 3 is 0.800 bits per heavy atom. The Balaban J connectivity index is -0.000000144. The van der Waals surface area contributed by atoms with Crippen LogP contribution in [0.15, 0.2) is 0 Å². The van der Waals surface area contributed by atoms with Crippen LogP contribution in [0.2, 0.25) is 0 Å². The van der Waals surface area contributed by atoms with Crippen molar-refractivity contribution in [3.05, 3.63) is 0 Å². The average Bonchev–Trinajstić information content (AvgIpc) is 2.05. The third kappa shape index (κ3) is 92.0. The first-order chi connectivity index (χ1) is 6.83. The van der Waals surface area contributed by atoms with Gasteiger partial charge in [0.25, 0.3) is 0 Å². The van der Waals surface area contributed by atoms with Crippen molar-refractivity contribution in [2.45, 2.75) is 27.7 Å². The van der Waals surface area contributed by atoms with Crippen molar-refractivity contribution in [2.24, 2.45) is 0 Å². The third-order valence-corrected chi connectivity index (χ3v) is 1.15. The van der Waals surface area contributed by atoms with E-state index >= 15 is 0 Å². The number of nitrogens with two attached hydrogens (primary N) is 2. The molecular formula is C8H24Cl4CuN2. The van der Waals surface area contributed by atoms with Crippen LogP contribution in [0.5, 0.6) is 0 Å². The van der Waals surface area contributed by atoms with Crippen molar-refractivity contribution in [3.63, 3.8) is 0 Å². The normalized spacial score (nSPS) is 10.7. The minimum atomic E-state index is -2.24. The Labute approximate surface area is 114 Å². The summed E-state index contributed by atoms with van der Waals surface area (Å²) in [5.74, 6) is 0. The van der Waals surface area contributed by atoms with Gasteiger partial charge >= 0.3 is 49.6 Å². The van der Waals surface area contributed by atoms with E-state index in [1.54, 1.807) is 0 Å². The molecule has 0 aliphatic carbocycles. The molecule has 2 nitrogen and oxygen atoms in total. The van der Waals surface area contributed by atoms with Crippen molar-refractivity contribution >= 4 is 40.4 Å². The Kier molecular flexibility index (Phi) is 26.2. The number of hydrogen-bond acceptors (Lipinski definition) is 0. The second-order valence-electron chi connectivity index (χ2n) is 2.47. The van der Waals surface area contributed by atoms with E-state index in [-0.39, 0.29) is 0 Å². The van der Waals surface area contributed by atoms with Crippen LogP contribution in [-0.4, -0.2) is 26.2 Å². The standard InChI is InChI=1S/2C4H11N.4ClH.Cu/c2*1-3-5-4-2;;;;;/h2*5H,3-4H2,1-2H3;4*1H;/q;;;;;;+2/p-2. The van der Waals surface area contributed by atoms with Crippen molar-refractivity contribution in [1.82, 2.24) is 0 Å². The first-order valence-electron chi connectivity index (χ1n) is 4.92. The summed E-state index contributed by atoms with van der Waals surface area (Å²) >= 11 is 0. The molecule has 0 radical (unpaired) electrons. The summed E-state index contributed by atoms with van der Waals surface area (Å²) in [6, 6.07) is 0. The van der Waals surface area contributed by atoms with Crippen LogP contribution < -0.4 is 10.6 Å². The van der Waals surface area contributed by atoms with Crippen LogP contribution in [-0.2, 0) is 9.20 Å². The summed E-state index contributed by atoms with van der Waals surface area (Å²) in [6.07, 6.45) is 0. The molecule has 0 spiro atoms. The molecule has 0 saturated heterocycles. The first kappa shape index (κ1) is 21.8. The molecule has 0 aromatic rings. The molecule has 0 aromatic carbocycles. The fourth-order valence-electron chi connectivity index (χ4n) is 0.577. The van der Waals surface area contributed by atoms with Gasteiger partial charge in [0.2, 0.25) is 0 Å². The van der Waals surface area contributed by atoms with Gasteiger partial charge in [0.1, 0.15) is 0 Å². The van der Waals surface area contributed by atoms with E-state index in [2.05, 4.69) is 38.3 Å². The van der Waals surface area contributed by atoms with Gasteiger partial charge in [-0.3, -0.25) is 0 Å². The van der Waals surface area contributed by atoms with Crippen LogP contribution in [0.4, 0.5) is 0 Å². The van der Waals surface area contributed by atoms with Crippen LogP contribution in [0, 0.1) is 0 Å². The van der Waals surface area contributed by atoms with E-state index in [9.17, 15) is 0 Å². The molecule has 0 atom stereocenters. The predicted molar refractivity (Wildman–Crippen MR) is 69.4 cm³/mol. The maximum absolute atomic E-state index is 4.90. The van der Waals surface area contributed by atoms with Gasteiger partial charge in [-0.25, -0.2) is 0 Å². The zero-order valence-electron chi connectivity index (χ0n) is 9.80. The summed E-state index contributed by atoms with van der Waals surface area (Å²) < 4.78 is 0. The third-order valence-electron chi connectivity index (χ3n) is 1.15. The number of rotatable bonds is 4. The molecule has 0 amide bonds. The molecular weight excluding hydrogens is 329 g/mol. The second kappa shape index (κ2) is 18.0. The number of halogens is 4. The summed E-state index contributed by atoms with van der Waals surface area (Å²) in [5.41, 5.74) is 0. The van der Waals surface area contributed by atoms with Crippen molar-refractivity contribution < 1.29 is 19.8 Å². The predicted octanol–water partition coefficient (Wildman–Crippen LogP) is 1.93. The first-order valence-corrected chi connectivity index (χ1v) is 10.1. The van der Waals surface area contributed by atoms with Crippen molar-refractivity contribution in [3.8, 4) is 0 Å². The molecule has 4 N–H and O–H groups in total. The second-order valence-corrected chi connectivity index (χ2v) is 11.8. The summed E-state index contributed by atoms with van der Waals surface area (Å²) in [5, 5.41) is 4.50. The summed E-state index contributed by atoms with van der Waals surface area (Å²) in [4.78, 5) is 0. The number of hydrogen-bond donors (Lipinski definition) is 2. The molecule has 0 aliphatic heterocycles. The van der Waals surface area contributed by atoms with Crippen molar-refractivity contribution in [2.75, 3.05) is 26.2 Å². The molecule has 0 unspecified atom stereocenters. The monoisotopic (exact) mass is 351 g/mol. The zero-order chi connectivity index (χ0) is 12.7. The molecule has 0 bridgehead atoms. The van der Waals surface area contributed by atoms with Gasteiger partial charge in [0.15, 0.2) is 0 Å². The molecule has 0 rings (SSSR count). The molecule has 15 heavy (non-hydrogen) atoms. The van der Waals surface area contributed by atoms with E-state index in [4.69, 9.17) is 40.4 Å². The van der Waals surface area contributed by atoms with E-state index < -0.39 is 9.20 Å². The van der Waals surface area contributed by atoms with Gasteiger partial charge in [0.05, 0.1) is 26.2 Å². The van der Waals surface area contributed by atoms with E-state index in [0.29, 0.717) is 0 Å². The van der Waals surface area contributed by atoms with Crippen LogP contribution >= 0.6 is 40.4 Å². The molecule has 7 heteroatoms. The van der Waals surface area contributed by atoms with E-state index in [1.807, 2.05) is 0 Å². The molecule has 105 valence electrons. The van der Waals surface area contributed by atoms with Gasteiger partial charge in [-0.2, -0.15) is 0 Å². The van der Waals surface area contributed by atoms with Gasteiger partial charge < -0.3 is 10.6 Å². The van der Waals surface area contributed by atoms with Crippen LogP contribution in [0.25, 0.3) is 0 Å². The van der Waals surface area contributed by atoms with Gasteiger partial charge in [-0.1, -0.05) is 0 Å². The fourth-order valence-corrected chi connectivity index (χ4v) is 0.577.